The lowest BCUT2D eigenvalue weighted by atomic mass is 10.0. The van der Waals surface area contributed by atoms with E-state index in [1.165, 1.54) is 6.07 Å². The lowest BCUT2D eigenvalue weighted by Gasteiger charge is -2.18. The SMILES string of the molecule is OCC[C@@H](NCc1cccc(OCC(F)(F)F)c1)c1ccccc1. The molecule has 6 heteroatoms. The number of aliphatic hydroxyl groups excluding tert-OH is 1. The van der Waals surface area contributed by atoms with Gasteiger partial charge in [-0.15, -0.1) is 0 Å². The van der Waals surface area contributed by atoms with Crippen molar-refractivity contribution in [2.24, 2.45) is 0 Å². The highest BCUT2D eigenvalue weighted by atomic mass is 19.4. The van der Waals surface area contributed by atoms with E-state index in [0.717, 1.165) is 11.1 Å². The van der Waals surface area contributed by atoms with Gasteiger partial charge in [-0.1, -0.05) is 42.5 Å². The van der Waals surface area contributed by atoms with Crippen LogP contribution in [0.3, 0.4) is 0 Å². The summed E-state index contributed by atoms with van der Waals surface area (Å²) in [5, 5.41) is 12.5. The predicted octanol–water partition coefficient (Wildman–Crippen LogP) is 3.84. The molecule has 2 aromatic rings. The molecular weight excluding hydrogens is 319 g/mol. The molecule has 0 bridgehead atoms. The zero-order valence-electron chi connectivity index (χ0n) is 13.1. The van der Waals surface area contributed by atoms with Crippen molar-refractivity contribution >= 4 is 0 Å². The highest BCUT2D eigenvalue weighted by Gasteiger charge is 2.28. The molecule has 0 fully saturated rings. The smallest absolute Gasteiger partial charge is 0.422 e. The van der Waals surface area contributed by atoms with Crippen molar-refractivity contribution in [3.8, 4) is 5.75 Å². The Bertz CT molecular complexity index is 617. The Balaban J connectivity index is 1.97. The molecule has 24 heavy (non-hydrogen) atoms. The van der Waals surface area contributed by atoms with Gasteiger partial charge < -0.3 is 15.2 Å². The van der Waals surface area contributed by atoms with Gasteiger partial charge in [0.25, 0.3) is 0 Å². The van der Waals surface area contributed by atoms with Crippen molar-refractivity contribution in [3.63, 3.8) is 0 Å². The fraction of sp³-hybridized carbons (Fsp3) is 0.333. The van der Waals surface area contributed by atoms with Crippen LogP contribution in [-0.4, -0.2) is 24.5 Å². The first kappa shape index (κ1) is 18.3. The molecule has 0 aliphatic heterocycles. The van der Waals surface area contributed by atoms with E-state index in [4.69, 9.17) is 4.74 Å². The highest BCUT2D eigenvalue weighted by molar-refractivity contribution is 5.29. The Morgan fingerprint density at radius 1 is 1.04 bits per heavy atom. The third kappa shape index (κ3) is 6.22. The lowest BCUT2D eigenvalue weighted by molar-refractivity contribution is -0.153. The van der Waals surface area contributed by atoms with E-state index in [1.54, 1.807) is 12.1 Å². The number of aliphatic hydroxyl groups is 1. The molecule has 0 spiro atoms. The van der Waals surface area contributed by atoms with Crippen molar-refractivity contribution in [3.05, 3.63) is 65.7 Å². The molecular formula is C18H20F3NO2. The summed E-state index contributed by atoms with van der Waals surface area (Å²) in [6.45, 7) is -0.800. The second kappa shape index (κ2) is 8.70. The van der Waals surface area contributed by atoms with E-state index in [2.05, 4.69) is 5.32 Å². The summed E-state index contributed by atoms with van der Waals surface area (Å²) in [4.78, 5) is 0. The minimum absolute atomic E-state index is 0.0315. The Labute approximate surface area is 139 Å². The van der Waals surface area contributed by atoms with Gasteiger partial charge in [-0.3, -0.25) is 0 Å². The maximum atomic E-state index is 12.2. The van der Waals surface area contributed by atoms with Gasteiger partial charge in [0, 0.05) is 19.2 Å². The maximum Gasteiger partial charge on any atom is 0.422 e. The molecule has 0 saturated carbocycles. The highest BCUT2D eigenvalue weighted by Crippen LogP contribution is 2.21. The van der Waals surface area contributed by atoms with Crippen LogP contribution in [-0.2, 0) is 6.54 Å². The topological polar surface area (TPSA) is 41.5 Å². The molecule has 0 heterocycles. The average Bonchev–Trinajstić information content (AvgIpc) is 2.57. The molecule has 0 amide bonds. The van der Waals surface area contributed by atoms with Crippen LogP contribution in [0.4, 0.5) is 13.2 Å². The third-order valence-corrected chi connectivity index (χ3v) is 3.47. The van der Waals surface area contributed by atoms with Gasteiger partial charge in [-0.2, -0.15) is 13.2 Å². The van der Waals surface area contributed by atoms with Gasteiger partial charge in [-0.25, -0.2) is 0 Å². The molecule has 2 aromatic carbocycles. The molecule has 2 rings (SSSR count). The quantitative estimate of drug-likeness (QED) is 0.768. The number of hydrogen-bond acceptors (Lipinski definition) is 3. The molecule has 0 saturated heterocycles. The monoisotopic (exact) mass is 339 g/mol. The largest absolute Gasteiger partial charge is 0.484 e. The Hall–Kier alpha value is -2.05. The van der Waals surface area contributed by atoms with Gasteiger partial charge in [0.05, 0.1) is 0 Å². The van der Waals surface area contributed by atoms with Gasteiger partial charge in [0.1, 0.15) is 5.75 Å². The summed E-state index contributed by atoms with van der Waals surface area (Å²) >= 11 is 0. The number of nitrogens with one attached hydrogen (secondary N) is 1. The van der Waals surface area contributed by atoms with Crippen LogP contribution >= 0.6 is 0 Å². The maximum absolute atomic E-state index is 12.2. The number of ether oxygens (including phenoxy) is 1. The predicted molar refractivity (Wildman–Crippen MR) is 85.7 cm³/mol. The van der Waals surface area contributed by atoms with Crippen LogP contribution < -0.4 is 10.1 Å². The van der Waals surface area contributed by atoms with E-state index in [1.807, 2.05) is 36.4 Å². The molecule has 0 aliphatic carbocycles. The number of halogens is 3. The van der Waals surface area contributed by atoms with E-state index in [0.29, 0.717) is 13.0 Å². The second-order valence-corrected chi connectivity index (χ2v) is 5.41. The van der Waals surface area contributed by atoms with Gasteiger partial charge >= 0.3 is 6.18 Å². The molecule has 2 N–H and O–H groups in total. The Morgan fingerprint density at radius 3 is 2.46 bits per heavy atom. The van der Waals surface area contributed by atoms with E-state index in [-0.39, 0.29) is 18.4 Å². The van der Waals surface area contributed by atoms with Crippen LogP contribution in [0.1, 0.15) is 23.6 Å². The normalized spacial score (nSPS) is 12.8. The van der Waals surface area contributed by atoms with Crippen LogP contribution in [0.5, 0.6) is 5.75 Å². The van der Waals surface area contributed by atoms with Crippen molar-refractivity contribution in [1.82, 2.24) is 5.32 Å². The summed E-state index contributed by atoms with van der Waals surface area (Å²) in [6, 6.07) is 16.2. The molecule has 0 unspecified atom stereocenters. The van der Waals surface area contributed by atoms with Crippen LogP contribution in [0.15, 0.2) is 54.6 Å². The molecule has 130 valence electrons. The molecule has 0 aromatic heterocycles. The zero-order valence-corrected chi connectivity index (χ0v) is 13.1. The summed E-state index contributed by atoms with van der Waals surface area (Å²) < 4.78 is 41.4. The zero-order chi connectivity index (χ0) is 17.4. The number of hydrogen-bond donors (Lipinski definition) is 2. The first-order valence-electron chi connectivity index (χ1n) is 7.65. The van der Waals surface area contributed by atoms with Gasteiger partial charge in [0.15, 0.2) is 6.61 Å². The van der Waals surface area contributed by atoms with Gasteiger partial charge in [-0.05, 0) is 29.7 Å². The van der Waals surface area contributed by atoms with E-state index >= 15 is 0 Å². The first-order valence-corrected chi connectivity index (χ1v) is 7.65. The average molecular weight is 339 g/mol. The number of rotatable bonds is 8. The van der Waals surface area contributed by atoms with Crippen LogP contribution in [0, 0.1) is 0 Å². The minimum Gasteiger partial charge on any atom is -0.484 e. The lowest BCUT2D eigenvalue weighted by Crippen LogP contribution is -2.22. The fourth-order valence-corrected chi connectivity index (χ4v) is 2.35. The van der Waals surface area contributed by atoms with Gasteiger partial charge in [0.2, 0.25) is 0 Å². The third-order valence-electron chi connectivity index (χ3n) is 3.47. The number of alkyl halides is 3. The second-order valence-electron chi connectivity index (χ2n) is 5.41. The summed E-state index contributed by atoms with van der Waals surface area (Å²) in [6.07, 6.45) is -3.80. The van der Waals surface area contributed by atoms with Crippen molar-refractivity contribution in [1.29, 1.82) is 0 Å². The standard InChI is InChI=1S/C18H20F3NO2/c19-18(20,21)13-24-16-8-4-5-14(11-16)12-22-17(9-10-23)15-6-2-1-3-7-15/h1-8,11,17,22-23H,9-10,12-13H2/t17-/m1/s1. The summed E-state index contributed by atoms with van der Waals surface area (Å²) in [5.74, 6) is 0.185. The molecule has 3 nitrogen and oxygen atoms in total. The van der Waals surface area contributed by atoms with E-state index < -0.39 is 12.8 Å². The minimum atomic E-state index is -4.35. The van der Waals surface area contributed by atoms with Crippen molar-refractivity contribution < 1.29 is 23.0 Å². The van der Waals surface area contributed by atoms with Crippen molar-refractivity contribution in [2.75, 3.05) is 13.2 Å². The van der Waals surface area contributed by atoms with Crippen LogP contribution in [0.2, 0.25) is 0 Å². The summed E-state index contributed by atoms with van der Waals surface area (Å²) in [5.41, 5.74) is 1.87. The number of benzene rings is 2. The van der Waals surface area contributed by atoms with Crippen LogP contribution in [0.25, 0.3) is 0 Å². The fourth-order valence-electron chi connectivity index (χ4n) is 2.35. The first-order chi connectivity index (χ1) is 11.5. The molecule has 1 atom stereocenters. The Kier molecular flexibility index (Phi) is 6.63. The Morgan fingerprint density at radius 2 is 1.79 bits per heavy atom. The van der Waals surface area contributed by atoms with Crippen molar-refractivity contribution in [2.45, 2.75) is 25.2 Å². The summed E-state index contributed by atoms with van der Waals surface area (Å²) in [7, 11) is 0. The molecule has 0 radical (unpaired) electrons. The van der Waals surface area contributed by atoms with E-state index in [9.17, 15) is 18.3 Å². The molecule has 0 aliphatic rings.